The van der Waals surface area contributed by atoms with Gasteiger partial charge in [-0.25, -0.2) is 4.39 Å². The van der Waals surface area contributed by atoms with Crippen LogP contribution in [-0.4, -0.2) is 11.5 Å². The van der Waals surface area contributed by atoms with E-state index in [-0.39, 0.29) is 11.4 Å². The Bertz CT molecular complexity index is 517. The van der Waals surface area contributed by atoms with E-state index in [0.29, 0.717) is 6.61 Å². The number of unbranched alkanes of at least 4 members (excludes halogenated alkanes) is 7. The van der Waals surface area contributed by atoms with Crippen molar-refractivity contribution in [3.63, 3.8) is 0 Å². The van der Waals surface area contributed by atoms with E-state index < -0.39 is 10.7 Å². The summed E-state index contributed by atoms with van der Waals surface area (Å²) >= 11 is 0. The van der Waals surface area contributed by atoms with Gasteiger partial charge in [-0.2, -0.15) is 0 Å². The molecule has 0 heterocycles. The van der Waals surface area contributed by atoms with Crippen molar-refractivity contribution in [1.82, 2.24) is 0 Å². The summed E-state index contributed by atoms with van der Waals surface area (Å²) in [5, 5.41) is 10.5. The van der Waals surface area contributed by atoms with Crippen molar-refractivity contribution < 1.29 is 14.1 Å². The third-order valence-electron chi connectivity index (χ3n) is 4.59. The number of halogens is 1. The summed E-state index contributed by atoms with van der Waals surface area (Å²) < 4.78 is 19.0. The number of non-ortho nitro benzene ring substituents is 1. The lowest BCUT2D eigenvalue weighted by atomic mass is 10.1. The third kappa shape index (κ3) is 7.28. The molecular formula is C19H28FNO3. The first kappa shape index (κ1) is 18.7. The molecule has 1 fully saturated rings. The molecule has 2 rings (SSSR count). The molecule has 24 heavy (non-hydrogen) atoms. The summed E-state index contributed by atoms with van der Waals surface area (Å²) in [5.41, 5.74) is -0.253. The maximum Gasteiger partial charge on any atom is 0.272 e. The minimum absolute atomic E-state index is 0.0938. The summed E-state index contributed by atoms with van der Waals surface area (Å²) in [6, 6.07) is 3.50. The van der Waals surface area contributed by atoms with E-state index in [1.807, 2.05) is 0 Å². The topological polar surface area (TPSA) is 52.4 Å². The van der Waals surface area contributed by atoms with E-state index in [1.165, 1.54) is 69.9 Å². The van der Waals surface area contributed by atoms with Crippen molar-refractivity contribution in [2.75, 3.05) is 6.61 Å². The largest absolute Gasteiger partial charge is 0.491 e. The first-order chi connectivity index (χ1) is 11.7. The fourth-order valence-electron chi connectivity index (χ4n) is 2.90. The Kier molecular flexibility index (Phi) is 7.99. The fraction of sp³-hybridized carbons (Fsp3) is 0.684. The minimum atomic E-state index is -0.671. The van der Waals surface area contributed by atoms with Gasteiger partial charge in [0, 0.05) is 6.07 Å². The van der Waals surface area contributed by atoms with E-state index in [2.05, 4.69) is 0 Å². The Morgan fingerprint density at radius 1 is 1.04 bits per heavy atom. The predicted octanol–water partition coefficient (Wildman–Crippen LogP) is 6.03. The van der Waals surface area contributed by atoms with Gasteiger partial charge in [0.05, 0.1) is 17.6 Å². The van der Waals surface area contributed by atoms with Crippen LogP contribution < -0.4 is 4.74 Å². The summed E-state index contributed by atoms with van der Waals surface area (Å²) in [6.07, 6.45) is 14.2. The Morgan fingerprint density at radius 3 is 2.25 bits per heavy atom. The molecule has 0 aromatic heterocycles. The third-order valence-corrected chi connectivity index (χ3v) is 4.59. The molecule has 0 radical (unpaired) electrons. The normalized spacial score (nSPS) is 13.9. The van der Waals surface area contributed by atoms with Crippen LogP contribution >= 0.6 is 0 Å². The van der Waals surface area contributed by atoms with Crippen molar-refractivity contribution in [1.29, 1.82) is 0 Å². The van der Waals surface area contributed by atoms with Gasteiger partial charge in [0.1, 0.15) is 0 Å². The monoisotopic (exact) mass is 337 g/mol. The van der Waals surface area contributed by atoms with Crippen molar-refractivity contribution in [3.05, 3.63) is 34.1 Å². The Morgan fingerprint density at radius 2 is 1.67 bits per heavy atom. The molecule has 1 saturated carbocycles. The molecule has 1 aliphatic rings. The van der Waals surface area contributed by atoms with Crippen LogP contribution in [0.25, 0.3) is 0 Å². The molecule has 0 amide bonds. The number of benzene rings is 1. The highest BCUT2D eigenvalue weighted by atomic mass is 19.1. The molecule has 0 saturated heterocycles. The standard InChI is InChI=1S/C19H28FNO3/c20-18-15-17(21(22)23)12-13-19(18)24-14-8-6-4-2-1-3-5-7-9-16-10-11-16/h12-13,15-16H,1-11,14H2. The van der Waals surface area contributed by atoms with Gasteiger partial charge in [-0.1, -0.05) is 64.2 Å². The predicted molar refractivity (Wildman–Crippen MR) is 92.8 cm³/mol. The number of nitro groups is 1. The van der Waals surface area contributed by atoms with Gasteiger partial charge in [0.25, 0.3) is 5.69 Å². The minimum Gasteiger partial charge on any atom is -0.491 e. The maximum absolute atomic E-state index is 13.6. The van der Waals surface area contributed by atoms with E-state index in [9.17, 15) is 14.5 Å². The quantitative estimate of drug-likeness (QED) is 0.251. The van der Waals surface area contributed by atoms with Crippen molar-refractivity contribution in [2.24, 2.45) is 5.92 Å². The van der Waals surface area contributed by atoms with E-state index in [0.717, 1.165) is 24.8 Å². The highest BCUT2D eigenvalue weighted by Crippen LogP contribution is 2.34. The average molecular weight is 337 g/mol. The summed E-state index contributed by atoms with van der Waals surface area (Å²) in [6.45, 7) is 0.454. The highest BCUT2D eigenvalue weighted by Gasteiger charge is 2.19. The summed E-state index contributed by atoms with van der Waals surface area (Å²) in [7, 11) is 0. The van der Waals surface area contributed by atoms with Crippen LogP contribution in [0.5, 0.6) is 5.75 Å². The molecule has 0 bridgehead atoms. The number of nitrogens with zero attached hydrogens (tertiary/aromatic N) is 1. The van der Waals surface area contributed by atoms with Crippen molar-refractivity contribution in [2.45, 2.75) is 70.6 Å². The molecule has 4 nitrogen and oxygen atoms in total. The van der Waals surface area contributed by atoms with Crippen molar-refractivity contribution >= 4 is 5.69 Å². The zero-order chi connectivity index (χ0) is 17.2. The number of hydrogen-bond acceptors (Lipinski definition) is 3. The smallest absolute Gasteiger partial charge is 0.272 e. The second kappa shape index (κ2) is 10.3. The molecule has 0 atom stereocenters. The van der Waals surface area contributed by atoms with Gasteiger partial charge in [-0.05, 0) is 18.4 Å². The zero-order valence-corrected chi connectivity index (χ0v) is 14.3. The average Bonchev–Trinajstić information content (AvgIpc) is 3.38. The lowest BCUT2D eigenvalue weighted by molar-refractivity contribution is -0.385. The van der Waals surface area contributed by atoms with Crippen LogP contribution in [-0.2, 0) is 0 Å². The van der Waals surface area contributed by atoms with Crippen LogP contribution in [0.1, 0.15) is 70.6 Å². The van der Waals surface area contributed by atoms with Gasteiger partial charge in [0.15, 0.2) is 11.6 Å². The molecular weight excluding hydrogens is 309 g/mol. The number of ether oxygens (including phenoxy) is 1. The highest BCUT2D eigenvalue weighted by molar-refractivity contribution is 5.37. The second-order valence-corrected chi connectivity index (χ2v) is 6.78. The molecule has 0 aliphatic heterocycles. The second-order valence-electron chi connectivity index (χ2n) is 6.78. The molecule has 0 N–H and O–H groups in total. The summed E-state index contributed by atoms with van der Waals surface area (Å²) in [5.74, 6) is 0.484. The molecule has 1 aromatic rings. The van der Waals surface area contributed by atoms with E-state index in [4.69, 9.17) is 4.74 Å². The molecule has 0 unspecified atom stereocenters. The molecule has 5 heteroatoms. The number of nitro benzene ring substituents is 1. The lowest BCUT2D eigenvalue weighted by Crippen LogP contribution is -2.00. The Balaban J connectivity index is 1.44. The summed E-state index contributed by atoms with van der Waals surface area (Å²) in [4.78, 5) is 9.93. The van der Waals surface area contributed by atoms with Gasteiger partial charge in [-0.15, -0.1) is 0 Å². The van der Waals surface area contributed by atoms with Gasteiger partial charge in [-0.3, -0.25) is 10.1 Å². The zero-order valence-electron chi connectivity index (χ0n) is 14.3. The first-order valence-corrected chi connectivity index (χ1v) is 9.23. The van der Waals surface area contributed by atoms with Crippen LogP contribution in [0.15, 0.2) is 18.2 Å². The van der Waals surface area contributed by atoms with E-state index >= 15 is 0 Å². The van der Waals surface area contributed by atoms with Crippen LogP contribution in [0.2, 0.25) is 0 Å². The van der Waals surface area contributed by atoms with Crippen LogP contribution in [0.4, 0.5) is 10.1 Å². The first-order valence-electron chi connectivity index (χ1n) is 9.23. The SMILES string of the molecule is O=[N+]([O-])c1ccc(OCCCCCCCCCCC2CC2)c(F)c1. The van der Waals surface area contributed by atoms with Crippen LogP contribution in [0, 0.1) is 21.8 Å². The molecule has 1 aliphatic carbocycles. The van der Waals surface area contributed by atoms with E-state index in [1.54, 1.807) is 0 Å². The number of rotatable bonds is 13. The molecule has 134 valence electrons. The van der Waals surface area contributed by atoms with Gasteiger partial charge in [0.2, 0.25) is 0 Å². The van der Waals surface area contributed by atoms with Crippen LogP contribution in [0.3, 0.4) is 0 Å². The molecule has 0 spiro atoms. The Hall–Kier alpha value is -1.65. The molecule has 1 aromatic carbocycles. The Labute approximate surface area is 143 Å². The fourth-order valence-corrected chi connectivity index (χ4v) is 2.90. The van der Waals surface area contributed by atoms with Crippen molar-refractivity contribution in [3.8, 4) is 5.75 Å². The maximum atomic E-state index is 13.6. The lowest BCUT2D eigenvalue weighted by Gasteiger charge is -2.07. The number of hydrogen-bond donors (Lipinski definition) is 0. The van der Waals surface area contributed by atoms with Gasteiger partial charge < -0.3 is 4.74 Å². The van der Waals surface area contributed by atoms with Gasteiger partial charge >= 0.3 is 0 Å².